The number of aliphatic hydroxyl groups is 1. The van der Waals surface area contributed by atoms with E-state index >= 15 is 0 Å². The first-order valence-corrected chi connectivity index (χ1v) is 5.43. The van der Waals surface area contributed by atoms with Gasteiger partial charge in [-0.25, -0.2) is 9.37 Å². The van der Waals surface area contributed by atoms with E-state index in [9.17, 15) is 13.6 Å². The van der Waals surface area contributed by atoms with Crippen LogP contribution in [0.4, 0.5) is 14.5 Å². The molecule has 0 saturated carbocycles. The van der Waals surface area contributed by atoms with E-state index in [1.54, 1.807) is 24.3 Å². The Hall–Kier alpha value is -2.34. The molecule has 0 fully saturated rings. The molecular weight excluding hydrogens is 254 g/mol. The van der Waals surface area contributed by atoms with Gasteiger partial charge in [0.05, 0.1) is 12.2 Å². The van der Waals surface area contributed by atoms with Crippen molar-refractivity contribution < 1.29 is 18.7 Å². The lowest BCUT2D eigenvalue weighted by Crippen LogP contribution is -2.16. The van der Waals surface area contributed by atoms with Crippen LogP contribution in [0.25, 0.3) is 0 Å². The molecule has 0 aliphatic rings. The summed E-state index contributed by atoms with van der Waals surface area (Å²) >= 11 is 0. The number of aliphatic hydroxyl groups excluding tert-OH is 1. The number of benzene rings is 1. The van der Waals surface area contributed by atoms with Crippen molar-refractivity contribution in [2.75, 3.05) is 5.32 Å². The molecule has 1 amide bonds. The number of nitrogens with one attached hydrogen (secondary N) is 1. The van der Waals surface area contributed by atoms with Crippen molar-refractivity contribution in [2.45, 2.75) is 6.61 Å². The minimum atomic E-state index is -1.33. The summed E-state index contributed by atoms with van der Waals surface area (Å²) < 4.78 is 26.3. The van der Waals surface area contributed by atoms with E-state index < -0.39 is 23.2 Å². The van der Waals surface area contributed by atoms with E-state index in [2.05, 4.69) is 10.3 Å². The summed E-state index contributed by atoms with van der Waals surface area (Å²) in [6.45, 7) is -0.274. The molecular formula is C13H10F2N2O2. The number of carbonyl (C=O) groups is 1. The van der Waals surface area contributed by atoms with Gasteiger partial charge in [0.15, 0.2) is 5.82 Å². The van der Waals surface area contributed by atoms with Crippen molar-refractivity contribution in [1.29, 1.82) is 0 Å². The van der Waals surface area contributed by atoms with Crippen LogP contribution in [0, 0.1) is 11.8 Å². The minimum absolute atomic E-state index is 0.274. The molecule has 6 heteroatoms. The summed E-state index contributed by atoms with van der Waals surface area (Å²) in [5, 5.41) is 11.5. The molecule has 0 unspecified atom stereocenters. The number of rotatable bonds is 3. The van der Waals surface area contributed by atoms with Crippen molar-refractivity contribution in [2.24, 2.45) is 0 Å². The Bertz CT molecular complexity index is 617. The normalized spacial score (nSPS) is 10.3. The monoisotopic (exact) mass is 264 g/mol. The molecule has 0 bridgehead atoms. The zero-order valence-electron chi connectivity index (χ0n) is 9.73. The number of aromatic nitrogens is 1. The van der Waals surface area contributed by atoms with Gasteiger partial charge in [-0.2, -0.15) is 4.39 Å². The van der Waals surface area contributed by atoms with Crippen LogP contribution >= 0.6 is 0 Å². The van der Waals surface area contributed by atoms with E-state index in [1.165, 1.54) is 0 Å². The first-order chi connectivity index (χ1) is 9.13. The van der Waals surface area contributed by atoms with Gasteiger partial charge < -0.3 is 10.4 Å². The Kier molecular flexibility index (Phi) is 3.82. The predicted octanol–water partition coefficient (Wildman–Crippen LogP) is 2.10. The van der Waals surface area contributed by atoms with Gasteiger partial charge in [-0.3, -0.25) is 4.79 Å². The minimum Gasteiger partial charge on any atom is -0.392 e. The fourth-order valence-corrected chi connectivity index (χ4v) is 1.56. The van der Waals surface area contributed by atoms with E-state index in [0.29, 0.717) is 11.3 Å². The van der Waals surface area contributed by atoms with Crippen LogP contribution in [0.1, 0.15) is 15.9 Å². The average molecular weight is 264 g/mol. The summed E-state index contributed by atoms with van der Waals surface area (Å²) in [6, 6.07) is 7.58. The highest BCUT2D eigenvalue weighted by Crippen LogP contribution is 2.17. The maximum absolute atomic E-state index is 13.4. The topological polar surface area (TPSA) is 62.2 Å². The largest absolute Gasteiger partial charge is 0.392 e. The molecule has 1 heterocycles. The van der Waals surface area contributed by atoms with E-state index in [1.807, 2.05) is 0 Å². The second-order valence-corrected chi connectivity index (χ2v) is 3.73. The van der Waals surface area contributed by atoms with Gasteiger partial charge in [0.25, 0.3) is 5.91 Å². The maximum Gasteiger partial charge on any atom is 0.258 e. The van der Waals surface area contributed by atoms with Crippen LogP contribution in [0.5, 0.6) is 0 Å². The zero-order valence-corrected chi connectivity index (χ0v) is 9.73. The number of amides is 1. The smallest absolute Gasteiger partial charge is 0.258 e. The fourth-order valence-electron chi connectivity index (χ4n) is 1.56. The van der Waals surface area contributed by atoms with Gasteiger partial charge in [0, 0.05) is 17.4 Å². The number of hydrogen-bond donors (Lipinski definition) is 2. The molecule has 1 aromatic heterocycles. The lowest BCUT2D eigenvalue weighted by atomic mass is 10.1. The van der Waals surface area contributed by atoms with Crippen molar-refractivity contribution in [3.63, 3.8) is 0 Å². The summed E-state index contributed by atoms with van der Waals surface area (Å²) in [7, 11) is 0. The summed E-state index contributed by atoms with van der Waals surface area (Å²) in [4.78, 5) is 14.9. The fraction of sp³-hybridized carbons (Fsp3) is 0.0769. The molecule has 0 aliphatic heterocycles. The average Bonchev–Trinajstić information content (AvgIpc) is 2.42. The van der Waals surface area contributed by atoms with E-state index in [4.69, 9.17) is 5.11 Å². The van der Waals surface area contributed by atoms with Crippen molar-refractivity contribution in [3.8, 4) is 0 Å². The van der Waals surface area contributed by atoms with Crippen LogP contribution in [-0.4, -0.2) is 16.0 Å². The van der Waals surface area contributed by atoms with Gasteiger partial charge in [-0.1, -0.05) is 18.2 Å². The molecule has 0 atom stereocenters. The highest BCUT2D eigenvalue weighted by molar-refractivity contribution is 6.04. The van der Waals surface area contributed by atoms with Crippen LogP contribution in [0.3, 0.4) is 0 Å². The standard InChI is InChI=1S/C13H10F2N2O2/c14-11-9(5-6-16-12(11)15)13(19)17-10-4-2-1-3-8(10)7-18/h1-6,18H,7H2,(H,17,19). The first kappa shape index (κ1) is 13.1. The molecule has 2 rings (SSSR count). The second-order valence-electron chi connectivity index (χ2n) is 3.73. The summed E-state index contributed by atoms with van der Waals surface area (Å²) in [5.74, 6) is -3.44. The Morgan fingerprint density at radius 2 is 2.00 bits per heavy atom. The van der Waals surface area contributed by atoms with Gasteiger partial charge in [0.2, 0.25) is 5.95 Å². The number of para-hydroxylation sites is 1. The zero-order chi connectivity index (χ0) is 13.8. The molecule has 0 spiro atoms. The van der Waals surface area contributed by atoms with E-state index in [-0.39, 0.29) is 6.61 Å². The van der Waals surface area contributed by atoms with Crippen LogP contribution < -0.4 is 5.32 Å². The second kappa shape index (κ2) is 5.53. The number of halogens is 2. The Morgan fingerprint density at radius 3 is 2.74 bits per heavy atom. The summed E-state index contributed by atoms with van der Waals surface area (Å²) in [5.41, 5.74) is 0.373. The molecule has 98 valence electrons. The van der Waals surface area contributed by atoms with Crippen molar-refractivity contribution >= 4 is 11.6 Å². The number of hydrogen-bond acceptors (Lipinski definition) is 3. The number of pyridine rings is 1. The summed E-state index contributed by atoms with van der Waals surface area (Å²) in [6.07, 6.45) is 1.01. The third kappa shape index (κ3) is 2.74. The molecule has 0 radical (unpaired) electrons. The van der Waals surface area contributed by atoms with Crippen molar-refractivity contribution in [3.05, 3.63) is 59.4 Å². The Balaban J connectivity index is 2.28. The predicted molar refractivity (Wildman–Crippen MR) is 64.5 cm³/mol. The third-order valence-corrected chi connectivity index (χ3v) is 2.53. The molecule has 1 aromatic carbocycles. The highest BCUT2D eigenvalue weighted by atomic mass is 19.2. The molecule has 2 N–H and O–H groups in total. The third-order valence-electron chi connectivity index (χ3n) is 2.53. The SMILES string of the molecule is O=C(Nc1ccccc1CO)c1ccnc(F)c1F. The lowest BCUT2D eigenvalue weighted by Gasteiger charge is -2.09. The molecule has 19 heavy (non-hydrogen) atoms. The Morgan fingerprint density at radius 1 is 1.26 bits per heavy atom. The quantitative estimate of drug-likeness (QED) is 0.834. The molecule has 0 saturated heterocycles. The number of anilines is 1. The van der Waals surface area contributed by atoms with Gasteiger partial charge in [-0.15, -0.1) is 0 Å². The van der Waals surface area contributed by atoms with Crippen LogP contribution in [0.2, 0.25) is 0 Å². The number of nitrogens with zero attached hydrogens (tertiary/aromatic N) is 1. The van der Waals surface area contributed by atoms with Gasteiger partial charge in [0.1, 0.15) is 0 Å². The molecule has 2 aromatic rings. The van der Waals surface area contributed by atoms with Gasteiger partial charge >= 0.3 is 0 Å². The van der Waals surface area contributed by atoms with Gasteiger partial charge in [-0.05, 0) is 12.1 Å². The van der Waals surface area contributed by atoms with Crippen LogP contribution in [0.15, 0.2) is 36.5 Å². The molecule has 4 nitrogen and oxygen atoms in total. The first-order valence-electron chi connectivity index (χ1n) is 5.43. The maximum atomic E-state index is 13.4. The van der Waals surface area contributed by atoms with Crippen molar-refractivity contribution in [1.82, 2.24) is 4.98 Å². The highest BCUT2D eigenvalue weighted by Gasteiger charge is 2.16. The van der Waals surface area contributed by atoms with E-state index in [0.717, 1.165) is 12.3 Å². The molecule has 0 aliphatic carbocycles. The lowest BCUT2D eigenvalue weighted by molar-refractivity contribution is 0.102. The Labute approximate surface area is 107 Å². The van der Waals surface area contributed by atoms with Crippen LogP contribution in [-0.2, 0) is 6.61 Å². The number of carbonyl (C=O) groups excluding carboxylic acids is 1.